The Kier molecular flexibility index (Phi) is 3.12. The SMILES string of the molecule is Cc1ccc(-n2nnnc2-c2ccc3ccccc3n2)c(C)c1. The Bertz CT molecular complexity index is 1000. The first-order valence-electron chi connectivity index (χ1n) is 7.44. The number of benzene rings is 2. The van der Waals surface area contributed by atoms with Crippen LogP contribution in [0.3, 0.4) is 0 Å². The van der Waals surface area contributed by atoms with Crippen LogP contribution in [-0.4, -0.2) is 25.2 Å². The second-order valence-corrected chi connectivity index (χ2v) is 5.59. The number of fused-ring (bicyclic) bond motifs is 1. The maximum atomic E-state index is 4.69. The summed E-state index contributed by atoms with van der Waals surface area (Å²) in [7, 11) is 0. The van der Waals surface area contributed by atoms with Crippen LogP contribution in [0.1, 0.15) is 11.1 Å². The molecule has 0 aliphatic carbocycles. The Hall–Kier alpha value is -3.08. The molecule has 0 aliphatic rings. The molecule has 4 aromatic rings. The predicted molar refractivity (Wildman–Crippen MR) is 89.4 cm³/mol. The van der Waals surface area contributed by atoms with Crippen LogP contribution in [-0.2, 0) is 0 Å². The number of nitrogens with zero attached hydrogens (tertiary/aromatic N) is 5. The van der Waals surface area contributed by atoms with Gasteiger partial charge in [-0.1, -0.05) is 42.0 Å². The van der Waals surface area contributed by atoms with Crippen LogP contribution < -0.4 is 0 Å². The lowest BCUT2D eigenvalue weighted by atomic mass is 10.1. The highest BCUT2D eigenvalue weighted by molar-refractivity contribution is 5.80. The Labute approximate surface area is 133 Å². The first-order valence-corrected chi connectivity index (χ1v) is 7.44. The fourth-order valence-electron chi connectivity index (χ4n) is 2.74. The topological polar surface area (TPSA) is 56.5 Å². The minimum Gasteiger partial charge on any atom is -0.244 e. The van der Waals surface area contributed by atoms with Gasteiger partial charge in [-0.25, -0.2) is 4.98 Å². The van der Waals surface area contributed by atoms with Crippen molar-refractivity contribution >= 4 is 10.9 Å². The monoisotopic (exact) mass is 301 g/mol. The van der Waals surface area contributed by atoms with Crippen LogP contribution in [0.4, 0.5) is 0 Å². The molecule has 0 N–H and O–H groups in total. The molecule has 0 spiro atoms. The van der Waals surface area contributed by atoms with Crippen molar-refractivity contribution in [2.24, 2.45) is 0 Å². The summed E-state index contributed by atoms with van der Waals surface area (Å²) in [5, 5.41) is 13.3. The van der Waals surface area contributed by atoms with E-state index in [2.05, 4.69) is 46.5 Å². The summed E-state index contributed by atoms with van der Waals surface area (Å²) in [5.74, 6) is 0.641. The molecule has 0 atom stereocenters. The van der Waals surface area contributed by atoms with Crippen molar-refractivity contribution in [3.63, 3.8) is 0 Å². The molecule has 2 heterocycles. The lowest BCUT2D eigenvalue weighted by Crippen LogP contribution is -2.03. The van der Waals surface area contributed by atoms with Crippen LogP contribution in [0, 0.1) is 13.8 Å². The van der Waals surface area contributed by atoms with Crippen molar-refractivity contribution in [2.45, 2.75) is 13.8 Å². The lowest BCUT2D eigenvalue weighted by Gasteiger charge is -2.08. The maximum absolute atomic E-state index is 4.69. The highest BCUT2D eigenvalue weighted by atomic mass is 15.5. The molecule has 0 radical (unpaired) electrons. The van der Waals surface area contributed by atoms with E-state index in [-0.39, 0.29) is 0 Å². The lowest BCUT2D eigenvalue weighted by molar-refractivity contribution is 0.786. The summed E-state index contributed by atoms with van der Waals surface area (Å²) in [6.45, 7) is 4.13. The smallest absolute Gasteiger partial charge is 0.205 e. The highest BCUT2D eigenvalue weighted by Crippen LogP contribution is 2.23. The van der Waals surface area contributed by atoms with Crippen molar-refractivity contribution in [3.05, 3.63) is 65.7 Å². The predicted octanol–water partition coefficient (Wildman–Crippen LogP) is 3.49. The highest BCUT2D eigenvalue weighted by Gasteiger charge is 2.14. The fourth-order valence-corrected chi connectivity index (χ4v) is 2.74. The Morgan fingerprint density at radius 1 is 0.913 bits per heavy atom. The summed E-state index contributed by atoms with van der Waals surface area (Å²) in [6, 6.07) is 18.2. The molecule has 0 bridgehead atoms. The first kappa shape index (κ1) is 13.6. The van der Waals surface area contributed by atoms with Crippen LogP contribution >= 0.6 is 0 Å². The fraction of sp³-hybridized carbons (Fsp3) is 0.111. The number of hydrogen-bond donors (Lipinski definition) is 0. The van der Waals surface area contributed by atoms with E-state index < -0.39 is 0 Å². The van der Waals surface area contributed by atoms with Crippen molar-refractivity contribution in [3.8, 4) is 17.2 Å². The number of para-hydroxylation sites is 1. The average molecular weight is 301 g/mol. The molecule has 0 amide bonds. The average Bonchev–Trinajstić information content (AvgIpc) is 3.04. The van der Waals surface area contributed by atoms with Gasteiger partial charge in [0.1, 0.15) is 5.69 Å². The second-order valence-electron chi connectivity index (χ2n) is 5.59. The molecule has 0 saturated carbocycles. The quantitative estimate of drug-likeness (QED) is 0.568. The summed E-state index contributed by atoms with van der Waals surface area (Å²) < 4.78 is 1.74. The summed E-state index contributed by atoms with van der Waals surface area (Å²) >= 11 is 0. The molecule has 0 unspecified atom stereocenters. The Morgan fingerprint density at radius 3 is 2.65 bits per heavy atom. The zero-order valence-electron chi connectivity index (χ0n) is 12.9. The number of aromatic nitrogens is 5. The molecule has 0 aliphatic heterocycles. The van der Waals surface area contributed by atoms with Crippen LogP contribution in [0.2, 0.25) is 0 Å². The van der Waals surface area contributed by atoms with E-state index in [1.54, 1.807) is 4.68 Å². The van der Waals surface area contributed by atoms with Gasteiger partial charge in [-0.3, -0.25) is 0 Å². The largest absolute Gasteiger partial charge is 0.244 e. The Morgan fingerprint density at radius 2 is 1.78 bits per heavy atom. The second kappa shape index (κ2) is 5.28. The Balaban J connectivity index is 1.88. The molecule has 0 saturated heterocycles. The van der Waals surface area contributed by atoms with Crippen molar-refractivity contribution < 1.29 is 0 Å². The minimum absolute atomic E-state index is 0.641. The van der Waals surface area contributed by atoms with Gasteiger partial charge in [0, 0.05) is 5.39 Å². The van der Waals surface area contributed by atoms with Gasteiger partial charge in [0.15, 0.2) is 0 Å². The number of aryl methyl sites for hydroxylation is 2. The number of rotatable bonds is 2. The molecule has 2 aromatic carbocycles. The molecule has 5 heteroatoms. The maximum Gasteiger partial charge on any atom is 0.205 e. The van der Waals surface area contributed by atoms with E-state index in [4.69, 9.17) is 0 Å². The number of hydrogen-bond acceptors (Lipinski definition) is 4. The molecule has 23 heavy (non-hydrogen) atoms. The van der Waals surface area contributed by atoms with E-state index in [1.165, 1.54) is 5.56 Å². The summed E-state index contributed by atoms with van der Waals surface area (Å²) in [4.78, 5) is 4.69. The number of tetrazole rings is 1. The molecule has 5 nitrogen and oxygen atoms in total. The van der Waals surface area contributed by atoms with E-state index in [0.29, 0.717) is 5.82 Å². The molecule has 112 valence electrons. The van der Waals surface area contributed by atoms with Gasteiger partial charge >= 0.3 is 0 Å². The van der Waals surface area contributed by atoms with Crippen LogP contribution in [0.15, 0.2) is 54.6 Å². The van der Waals surface area contributed by atoms with Gasteiger partial charge in [0.25, 0.3) is 0 Å². The third-order valence-corrected chi connectivity index (χ3v) is 3.88. The summed E-state index contributed by atoms with van der Waals surface area (Å²) in [5.41, 5.74) is 4.99. The van der Waals surface area contributed by atoms with Gasteiger partial charge in [0.05, 0.1) is 11.2 Å². The van der Waals surface area contributed by atoms with Crippen molar-refractivity contribution in [1.29, 1.82) is 0 Å². The molecule has 4 rings (SSSR count). The zero-order valence-corrected chi connectivity index (χ0v) is 12.9. The van der Waals surface area contributed by atoms with Gasteiger partial charge in [-0.2, -0.15) is 4.68 Å². The van der Waals surface area contributed by atoms with Crippen molar-refractivity contribution in [2.75, 3.05) is 0 Å². The molecule has 0 fully saturated rings. The van der Waals surface area contributed by atoms with Crippen molar-refractivity contribution in [1.82, 2.24) is 25.2 Å². The molecular formula is C18H15N5. The summed E-state index contributed by atoms with van der Waals surface area (Å²) in [6.07, 6.45) is 0. The first-order chi connectivity index (χ1) is 11.2. The third kappa shape index (κ3) is 2.36. The van der Waals surface area contributed by atoms with Gasteiger partial charge in [-0.05, 0) is 48.0 Å². The van der Waals surface area contributed by atoms with Crippen LogP contribution in [0.25, 0.3) is 28.1 Å². The van der Waals surface area contributed by atoms with E-state index in [9.17, 15) is 0 Å². The number of pyridine rings is 1. The van der Waals surface area contributed by atoms with Crippen LogP contribution in [0.5, 0.6) is 0 Å². The van der Waals surface area contributed by atoms with Gasteiger partial charge in [0.2, 0.25) is 5.82 Å². The minimum atomic E-state index is 0.641. The van der Waals surface area contributed by atoms with Gasteiger partial charge in [-0.15, -0.1) is 5.10 Å². The van der Waals surface area contributed by atoms with E-state index in [0.717, 1.165) is 27.8 Å². The van der Waals surface area contributed by atoms with E-state index >= 15 is 0 Å². The van der Waals surface area contributed by atoms with Gasteiger partial charge < -0.3 is 0 Å². The molecule has 2 aromatic heterocycles. The molecular weight excluding hydrogens is 286 g/mol. The third-order valence-electron chi connectivity index (χ3n) is 3.88. The normalized spacial score (nSPS) is 11.0. The standard InChI is InChI=1S/C18H15N5/c1-12-7-10-17(13(2)11-12)23-18(20-21-22-23)16-9-8-14-5-3-4-6-15(14)19-16/h3-11H,1-2H3. The zero-order chi connectivity index (χ0) is 15.8. The van der Waals surface area contributed by atoms with E-state index in [1.807, 2.05) is 42.5 Å².